The second-order valence-electron chi connectivity index (χ2n) is 18.9. The number of allylic oxidation sites excluding steroid dienone is 6. The van der Waals surface area contributed by atoms with Crippen molar-refractivity contribution in [2.45, 2.75) is 181 Å². The number of Topliss-reactive ketones (excluding diaryl/α,β-unsaturated/α-hetero) is 2. The predicted molar refractivity (Wildman–Crippen MR) is 240 cm³/mol. The lowest BCUT2D eigenvalue weighted by atomic mass is 9.81. The van der Waals surface area contributed by atoms with Crippen molar-refractivity contribution < 1.29 is 57.8 Å². The molecule has 0 aromatic carbocycles. The van der Waals surface area contributed by atoms with E-state index in [1.54, 1.807) is 28.1 Å². The van der Waals surface area contributed by atoms with Gasteiger partial charge in [-0.05, 0) is 109 Å². The van der Waals surface area contributed by atoms with Crippen molar-refractivity contribution in [3.63, 3.8) is 0 Å². The standard InChI is InChI=1S/C50H79NO12/c1-12-30(3)17-16-22-61-41-20-19-36(28-42(41)58-9)26-33(6)45-35(8)39(52)29-40(53)37(13-2)24-31(4)23-32(5)25-43(59-10)46-44(60-11)27-34(7)50(57,63-46)47(54)48(55)51-21-15-14-18-38(51)49(56)62-45/h12,16-17,24,26,32,34-39,41-46,52,57H,13-15,18-23,25,27-29H2,1-11H3/b17-16?,30-12?,31-24+,33-26?. The number of cyclic esters (lactones) is 1. The van der Waals surface area contributed by atoms with Gasteiger partial charge in [0.1, 0.15) is 24.0 Å². The summed E-state index contributed by atoms with van der Waals surface area (Å²) in [6, 6.07) is -1.13. The molecule has 2 N–H and O–H groups in total. The highest BCUT2D eigenvalue weighted by atomic mass is 16.7. The van der Waals surface area contributed by atoms with Crippen molar-refractivity contribution in [3.8, 4) is 0 Å². The zero-order chi connectivity index (χ0) is 46.6. The predicted octanol–water partition coefficient (Wildman–Crippen LogP) is 7.02. The van der Waals surface area contributed by atoms with Crippen molar-refractivity contribution in [1.29, 1.82) is 0 Å². The lowest BCUT2D eigenvalue weighted by Gasteiger charge is -2.47. The molecule has 13 heteroatoms. The van der Waals surface area contributed by atoms with Gasteiger partial charge in [0.05, 0.1) is 37.1 Å². The largest absolute Gasteiger partial charge is 0.456 e. The van der Waals surface area contributed by atoms with Gasteiger partial charge in [-0.15, -0.1) is 0 Å². The van der Waals surface area contributed by atoms with Gasteiger partial charge in [-0.25, -0.2) is 4.79 Å². The molecular weight excluding hydrogens is 807 g/mol. The zero-order valence-corrected chi connectivity index (χ0v) is 40.0. The molecule has 1 amide bonds. The quantitative estimate of drug-likeness (QED) is 0.0998. The Kier molecular flexibility index (Phi) is 20.4. The minimum atomic E-state index is -2.50. The van der Waals surface area contributed by atoms with E-state index in [-0.39, 0.29) is 55.6 Å². The Hall–Kier alpha value is -3.04. The van der Waals surface area contributed by atoms with Crippen LogP contribution in [0.1, 0.15) is 126 Å². The molecule has 4 aliphatic rings. The molecule has 13 nitrogen and oxygen atoms in total. The van der Waals surface area contributed by atoms with E-state index in [9.17, 15) is 29.4 Å². The van der Waals surface area contributed by atoms with Crippen molar-refractivity contribution in [1.82, 2.24) is 4.90 Å². The molecule has 0 aromatic heterocycles. The first kappa shape index (κ1) is 52.6. The number of piperidine rings is 1. The Bertz CT molecular complexity index is 1670. The van der Waals surface area contributed by atoms with Gasteiger partial charge >= 0.3 is 5.97 Å². The third kappa shape index (κ3) is 13.5. The number of esters is 1. The van der Waals surface area contributed by atoms with Crippen LogP contribution in [0.5, 0.6) is 0 Å². The van der Waals surface area contributed by atoms with E-state index < -0.39 is 77.8 Å². The van der Waals surface area contributed by atoms with E-state index in [0.29, 0.717) is 50.7 Å². The summed E-state index contributed by atoms with van der Waals surface area (Å²) in [6.07, 6.45) is 11.1. The summed E-state index contributed by atoms with van der Waals surface area (Å²) in [5.41, 5.74) is 2.86. The molecule has 0 spiro atoms. The number of carbonyl (C=O) groups is 4. The highest BCUT2D eigenvalue weighted by Crippen LogP contribution is 2.39. The number of rotatable bonds is 10. The maximum absolute atomic E-state index is 14.5. The van der Waals surface area contributed by atoms with Crippen LogP contribution in [0.2, 0.25) is 0 Å². The van der Waals surface area contributed by atoms with E-state index in [2.05, 4.69) is 13.0 Å². The fraction of sp³-hybridized carbons (Fsp3) is 0.760. The second kappa shape index (κ2) is 24.5. The van der Waals surface area contributed by atoms with Crippen LogP contribution in [0, 0.1) is 29.6 Å². The van der Waals surface area contributed by atoms with Gasteiger partial charge < -0.3 is 43.5 Å². The van der Waals surface area contributed by atoms with Gasteiger partial charge in [-0.2, -0.15) is 0 Å². The maximum atomic E-state index is 14.5. The number of aliphatic hydroxyl groups excluding tert-OH is 1. The second-order valence-corrected chi connectivity index (χ2v) is 18.9. The molecule has 0 radical (unpaired) electrons. The van der Waals surface area contributed by atoms with E-state index in [1.807, 2.05) is 58.9 Å². The zero-order valence-electron chi connectivity index (χ0n) is 40.0. The number of hydrogen-bond acceptors (Lipinski definition) is 12. The molecule has 2 bridgehead atoms. The fourth-order valence-corrected chi connectivity index (χ4v) is 10.1. The van der Waals surface area contributed by atoms with Crippen LogP contribution in [-0.4, -0.2) is 128 Å². The van der Waals surface area contributed by atoms with Gasteiger partial charge in [0.25, 0.3) is 11.7 Å². The molecule has 14 atom stereocenters. The van der Waals surface area contributed by atoms with Crippen LogP contribution in [0.3, 0.4) is 0 Å². The van der Waals surface area contributed by atoms with E-state index in [4.69, 9.17) is 28.4 Å². The lowest BCUT2D eigenvalue weighted by molar-refractivity contribution is -0.302. The number of carbonyl (C=O) groups excluding carboxylic acids is 4. The third-order valence-corrected chi connectivity index (χ3v) is 14.1. The molecule has 4 rings (SSSR count). The highest BCUT2D eigenvalue weighted by molar-refractivity contribution is 6.39. The van der Waals surface area contributed by atoms with Crippen LogP contribution in [0.4, 0.5) is 0 Å². The topological polar surface area (TPSA) is 167 Å². The smallest absolute Gasteiger partial charge is 0.329 e. The van der Waals surface area contributed by atoms with Gasteiger partial charge in [0.15, 0.2) is 0 Å². The van der Waals surface area contributed by atoms with Crippen LogP contribution in [0.25, 0.3) is 0 Å². The first-order chi connectivity index (χ1) is 29.9. The van der Waals surface area contributed by atoms with Gasteiger partial charge in [-0.3, -0.25) is 14.4 Å². The Labute approximate surface area is 377 Å². The third-order valence-electron chi connectivity index (χ3n) is 14.1. The Balaban J connectivity index is 1.71. The summed E-state index contributed by atoms with van der Waals surface area (Å²) < 4.78 is 36.5. The number of aliphatic hydroxyl groups is 2. The molecule has 3 heterocycles. The summed E-state index contributed by atoms with van der Waals surface area (Å²) in [5.74, 6) is -7.39. The first-order valence-corrected chi connectivity index (χ1v) is 23.4. The van der Waals surface area contributed by atoms with Crippen molar-refractivity contribution in [2.75, 3.05) is 34.5 Å². The number of amides is 1. The number of ketones is 2. The highest BCUT2D eigenvalue weighted by Gasteiger charge is 2.56. The fourth-order valence-electron chi connectivity index (χ4n) is 10.1. The monoisotopic (exact) mass is 886 g/mol. The van der Waals surface area contributed by atoms with Crippen LogP contribution >= 0.6 is 0 Å². The normalized spacial score (nSPS) is 38.7. The summed E-state index contributed by atoms with van der Waals surface area (Å²) in [5, 5.41) is 23.9. The van der Waals surface area contributed by atoms with E-state index in [1.165, 1.54) is 12.0 Å². The molecule has 1 aliphatic carbocycles. The van der Waals surface area contributed by atoms with E-state index in [0.717, 1.165) is 24.0 Å². The summed E-state index contributed by atoms with van der Waals surface area (Å²) in [7, 11) is 4.76. The molecule has 1 saturated carbocycles. The molecule has 3 fully saturated rings. The maximum Gasteiger partial charge on any atom is 0.329 e. The van der Waals surface area contributed by atoms with Gasteiger partial charge in [-0.1, -0.05) is 69.2 Å². The number of nitrogens with zero attached hydrogens (tertiary/aromatic N) is 1. The van der Waals surface area contributed by atoms with Crippen LogP contribution < -0.4 is 0 Å². The molecule has 63 heavy (non-hydrogen) atoms. The average Bonchev–Trinajstić information content (AvgIpc) is 3.27. The SMILES string of the molecule is CC=C(C)C=CCOC1CCC(C=C(C)C2OC(=O)C3CCCCN3C(=O)C(=O)C3(O)OC(C(OC)CC(C)C/C(C)=C/C(CC)C(=O)CC(O)C2C)C(OC)CC3C)CC1OC. The molecule has 356 valence electrons. The Morgan fingerprint density at radius 3 is 2.25 bits per heavy atom. The van der Waals surface area contributed by atoms with Gasteiger partial charge in [0.2, 0.25) is 5.79 Å². The number of methoxy groups -OCH3 is 3. The van der Waals surface area contributed by atoms with Crippen LogP contribution in [-0.2, 0) is 47.6 Å². The van der Waals surface area contributed by atoms with E-state index >= 15 is 0 Å². The van der Waals surface area contributed by atoms with Crippen molar-refractivity contribution in [3.05, 3.63) is 47.1 Å². The molecule has 0 aromatic rings. The number of hydrogen-bond donors (Lipinski definition) is 2. The Morgan fingerprint density at radius 2 is 1.60 bits per heavy atom. The minimum absolute atomic E-state index is 0.0358. The van der Waals surface area contributed by atoms with Crippen LogP contribution in [0.15, 0.2) is 47.1 Å². The summed E-state index contributed by atoms with van der Waals surface area (Å²) >= 11 is 0. The van der Waals surface area contributed by atoms with Crippen molar-refractivity contribution >= 4 is 23.4 Å². The average molecular weight is 886 g/mol. The molecule has 3 aliphatic heterocycles. The lowest BCUT2D eigenvalue weighted by Crippen LogP contribution is -2.64. The number of ether oxygens (including phenoxy) is 6. The molecule has 14 unspecified atom stereocenters. The molecule has 2 saturated heterocycles. The minimum Gasteiger partial charge on any atom is -0.456 e. The number of fused-ring (bicyclic) bond motifs is 3. The summed E-state index contributed by atoms with van der Waals surface area (Å²) in [6.45, 7) is 15.9. The van der Waals surface area contributed by atoms with Gasteiger partial charge in [0, 0.05) is 52.0 Å². The Morgan fingerprint density at radius 1 is 0.921 bits per heavy atom. The first-order valence-electron chi connectivity index (χ1n) is 23.4. The summed E-state index contributed by atoms with van der Waals surface area (Å²) in [4.78, 5) is 58.3. The molecular formula is C50H79NO12. The van der Waals surface area contributed by atoms with Crippen molar-refractivity contribution in [2.24, 2.45) is 29.6 Å².